The number of nitrogens with one attached hydrogen (secondary N) is 2. The Morgan fingerprint density at radius 1 is 1.14 bits per heavy atom. The topological polar surface area (TPSA) is 125 Å². The van der Waals surface area contributed by atoms with E-state index in [2.05, 4.69) is 10.6 Å². The van der Waals surface area contributed by atoms with E-state index < -0.39 is 22.8 Å². The van der Waals surface area contributed by atoms with Gasteiger partial charge in [0.1, 0.15) is 12.6 Å². The SMILES string of the molecule is N#CCNC(=O)[C@H](CSCc1ccccc1[N+](=O)[O-])NC(=O)c1ccccc1. The van der Waals surface area contributed by atoms with Crippen LogP contribution in [0.15, 0.2) is 54.6 Å². The van der Waals surface area contributed by atoms with Crippen LogP contribution in [0.2, 0.25) is 0 Å². The summed E-state index contributed by atoms with van der Waals surface area (Å²) in [4.78, 5) is 35.3. The molecule has 0 radical (unpaired) electrons. The Labute approximate surface area is 166 Å². The third kappa shape index (κ3) is 6.10. The molecule has 28 heavy (non-hydrogen) atoms. The number of para-hydroxylation sites is 1. The molecule has 0 aliphatic carbocycles. The molecule has 0 saturated carbocycles. The summed E-state index contributed by atoms with van der Waals surface area (Å²) in [5.41, 5.74) is 0.946. The number of hydrogen-bond donors (Lipinski definition) is 2. The minimum Gasteiger partial charge on any atom is -0.341 e. The lowest BCUT2D eigenvalue weighted by Gasteiger charge is -2.17. The molecule has 9 heteroatoms. The number of nitrogens with zero attached hydrogens (tertiary/aromatic N) is 2. The van der Waals surface area contributed by atoms with Gasteiger partial charge in [-0.2, -0.15) is 17.0 Å². The van der Waals surface area contributed by atoms with E-state index in [0.29, 0.717) is 16.9 Å². The van der Waals surface area contributed by atoms with Crippen LogP contribution < -0.4 is 10.6 Å². The maximum Gasteiger partial charge on any atom is 0.273 e. The van der Waals surface area contributed by atoms with Crippen molar-refractivity contribution in [3.05, 3.63) is 75.8 Å². The Bertz CT molecular complexity index is 883. The second-order valence-corrected chi connectivity index (χ2v) is 6.70. The molecule has 0 unspecified atom stereocenters. The van der Waals surface area contributed by atoms with E-state index in [0.717, 1.165) is 0 Å². The predicted octanol–water partition coefficient (Wildman–Crippen LogP) is 2.27. The fourth-order valence-corrected chi connectivity index (χ4v) is 3.41. The van der Waals surface area contributed by atoms with Crippen LogP contribution in [0.3, 0.4) is 0 Å². The Hall–Kier alpha value is -3.38. The van der Waals surface area contributed by atoms with Gasteiger partial charge in [0, 0.05) is 28.7 Å². The molecule has 2 aromatic rings. The third-order valence-electron chi connectivity index (χ3n) is 3.73. The number of amides is 2. The summed E-state index contributed by atoms with van der Waals surface area (Å²) in [6, 6.07) is 15.7. The van der Waals surface area contributed by atoms with Gasteiger partial charge in [0.25, 0.3) is 11.6 Å². The minimum atomic E-state index is -0.881. The molecule has 144 valence electrons. The smallest absolute Gasteiger partial charge is 0.273 e. The normalized spacial score (nSPS) is 11.1. The summed E-state index contributed by atoms with van der Waals surface area (Å²) in [5.74, 6) is -0.396. The quantitative estimate of drug-likeness (QED) is 0.379. The molecule has 8 nitrogen and oxygen atoms in total. The fourth-order valence-electron chi connectivity index (χ4n) is 2.36. The number of carbonyl (C=O) groups excluding carboxylic acids is 2. The first-order valence-electron chi connectivity index (χ1n) is 8.33. The third-order valence-corrected chi connectivity index (χ3v) is 4.81. The van der Waals surface area contributed by atoms with E-state index in [9.17, 15) is 19.7 Å². The Balaban J connectivity index is 2.04. The van der Waals surface area contributed by atoms with Gasteiger partial charge in [-0.15, -0.1) is 0 Å². The van der Waals surface area contributed by atoms with Gasteiger partial charge in [-0.1, -0.05) is 36.4 Å². The van der Waals surface area contributed by atoms with Gasteiger partial charge in [0.05, 0.1) is 11.0 Å². The van der Waals surface area contributed by atoms with Gasteiger partial charge in [0.2, 0.25) is 5.91 Å². The first kappa shape index (κ1) is 20.9. The van der Waals surface area contributed by atoms with E-state index in [1.165, 1.54) is 17.8 Å². The molecule has 2 rings (SSSR count). The highest BCUT2D eigenvalue weighted by Crippen LogP contribution is 2.23. The molecule has 0 aliphatic rings. The summed E-state index contributed by atoms with van der Waals surface area (Å²) in [7, 11) is 0. The largest absolute Gasteiger partial charge is 0.341 e. The van der Waals surface area contributed by atoms with Gasteiger partial charge in [-0.05, 0) is 12.1 Å². The second kappa shape index (κ2) is 10.7. The number of benzene rings is 2. The van der Waals surface area contributed by atoms with Crippen LogP contribution in [-0.2, 0) is 10.5 Å². The van der Waals surface area contributed by atoms with Gasteiger partial charge < -0.3 is 10.6 Å². The summed E-state index contributed by atoms with van der Waals surface area (Å²) in [6.07, 6.45) is 0. The zero-order chi connectivity index (χ0) is 20.4. The summed E-state index contributed by atoms with van der Waals surface area (Å²) in [6.45, 7) is -0.175. The summed E-state index contributed by atoms with van der Waals surface area (Å²) >= 11 is 1.28. The lowest BCUT2D eigenvalue weighted by atomic mass is 10.2. The Morgan fingerprint density at radius 3 is 2.50 bits per heavy atom. The van der Waals surface area contributed by atoms with Crippen LogP contribution >= 0.6 is 11.8 Å². The van der Waals surface area contributed by atoms with E-state index in [-0.39, 0.29) is 18.0 Å². The van der Waals surface area contributed by atoms with E-state index in [4.69, 9.17) is 5.26 Å². The standard InChI is InChI=1S/C19H18N4O4S/c20-10-11-21-19(25)16(22-18(24)14-6-2-1-3-7-14)13-28-12-15-8-4-5-9-17(15)23(26)27/h1-9,16H,11-13H2,(H,21,25)(H,22,24)/t16-/m0/s1. The van der Waals surface area contributed by atoms with E-state index in [1.54, 1.807) is 48.5 Å². The first-order chi connectivity index (χ1) is 13.5. The average molecular weight is 398 g/mol. The second-order valence-electron chi connectivity index (χ2n) is 5.67. The molecule has 0 fully saturated rings. The van der Waals surface area contributed by atoms with Crippen molar-refractivity contribution in [3.8, 4) is 6.07 Å². The number of rotatable bonds is 9. The lowest BCUT2D eigenvalue weighted by Crippen LogP contribution is -2.48. The number of nitro groups is 1. The molecule has 0 aromatic heterocycles. The van der Waals surface area contributed by atoms with Crippen molar-refractivity contribution >= 4 is 29.3 Å². The van der Waals surface area contributed by atoms with Gasteiger partial charge in [-0.3, -0.25) is 19.7 Å². The maximum absolute atomic E-state index is 12.4. The van der Waals surface area contributed by atoms with Crippen molar-refractivity contribution < 1.29 is 14.5 Å². The molecule has 0 bridgehead atoms. The van der Waals surface area contributed by atoms with Crippen LogP contribution in [0.1, 0.15) is 15.9 Å². The number of thioether (sulfide) groups is 1. The van der Waals surface area contributed by atoms with Crippen LogP contribution in [0.4, 0.5) is 5.69 Å². The van der Waals surface area contributed by atoms with E-state index >= 15 is 0 Å². The zero-order valence-electron chi connectivity index (χ0n) is 14.8. The zero-order valence-corrected chi connectivity index (χ0v) is 15.6. The summed E-state index contributed by atoms with van der Waals surface area (Å²) in [5, 5.41) is 24.8. The first-order valence-corrected chi connectivity index (χ1v) is 9.49. The molecule has 2 aromatic carbocycles. The van der Waals surface area contributed by atoms with Crippen molar-refractivity contribution in [2.45, 2.75) is 11.8 Å². The minimum absolute atomic E-state index is 0.00815. The lowest BCUT2D eigenvalue weighted by molar-refractivity contribution is -0.385. The molecule has 1 atom stereocenters. The monoisotopic (exact) mass is 398 g/mol. The molecule has 2 amide bonds. The van der Waals surface area contributed by atoms with Crippen molar-refractivity contribution in [3.63, 3.8) is 0 Å². The Morgan fingerprint density at radius 2 is 1.82 bits per heavy atom. The molecule has 0 spiro atoms. The van der Waals surface area contributed by atoms with Crippen LogP contribution in [-0.4, -0.2) is 35.1 Å². The number of nitriles is 1. The molecule has 0 heterocycles. The van der Waals surface area contributed by atoms with Crippen molar-refractivity contribution in [1.82, 2.24) is 10.6 Å². The van der Waals surface area contributed by atoms with Crippen LogP contribution in [0.5, 0.6) is 0 Å². The Kier molecular flexibility index (Phi) is 7.99. The molecular formula is C19H18N4O4S. The fraction of sp³-hybridized carbons (Fsp3) is 0.211. The van der Waals surface area contributed by atoms with Crippen molar-refractivity contribution in [2.24, 2.45) is 0 Å². The van der Waals surface area contributed by atoms with Crippen molar-refractivity contribution in [1.29, 1.82) is 5.26 Å². The molecular weight excluding hydrogens is 380 g/mol. The average Bonchev–Trinajstić information content (AvgIpc) is 2.72. The highest BCUT2D eigenvalue weighted by atomic mass is 32.2. The molecule has 0 saturated heterocycles. The van der Waals surface area contributed by atoms with Gasteiger partial charge in [-0.25, -0.2) is 0 Å². The van der Waals surface area contributed by atoms with Crippen LogP contribution in [0.25, 0.3) is 0 Å². The van der Waals surface area contributed by atoms with Crippen molar-refractivity contribution in [2.75, 3.05) is 12.3 Å². The van der Waals surface area contributed by atoms with E-state index in [1.807, 2.05) is 6.07 Å². The number of hydrogen-bond acceptors (Lipinski definition) is 6. The summed E-state index contributed by atoms with van der Waals surface area (Å²) < 4.78 is 0. The van der Waals surface area contributed by atoms with Gasteiger partial charge >= 0.3 is 0 Å². The van der Waals surface area contributed by atoms with Gasteiger partial charge in [0.15, 0.2) is 0 Å². The maximum atomic E-state index is 12.4. The highest BCUT2D eigenvalue weighted by molar-refractivity contribution is 7.98. The number of nitro benzene ring substituents is 1. The molecule has 0 aliphatic heterocycles. The van der Waals surface area contributed by atoms with Crippen LogP contribution in [0, 0.1) is 21.4 Å². The molecule has 2 N–H and O–H groups in total. The number of carbonyl (C=O) groups is 2. The highest BCUT2D eigenvalue weighted by Gasteiger charge is 2.22. The predicted molar refractivity (Wildman–Crippen MR) is 106 cm³/mol.